The van der Waals surface area contributed by atoms with Gasteiger partial charge in [-0.3, -0.25) is 14.7 Å². The third-order valence-corrected chi connectivity index (χ3v) is 5.98. The summed E-state index contributed by atoms with van der Waals surface area (Å²) < 4.78 is 5.83. The Hall–Kier alpha value is -1.38. The van der Waals surface area contributed by atoms with Crippen LogP contribution in [0, 0.1) is 0 Å². The van der Waals surface area contributed by atoms with Gasteiger partial charge in [0.15, 0.2) is 5.96 Å². The first kappa shape index (κ1) is 20.4. The Morgan fingerprint density at radius 2 is 1.81 bits per heavy atom. The first-order valence-corrected chi connectivity index (χ1v) is 10.4. The summed E-state index contributed by atoms with van der Waals surface area (Å²) in [4.78, 5) is 26.0. The van der Waals surface area contributed by atoms with Crippen LogP contribution in [0.5, 0.6) is 0 Å². The molecule has 0 aromatic rings. The molecule has 3 fully saturated rings. The van der Waals surface area contributed by atoms with Crippen LogP contribution >= 0.6 is 0 Å². The summed E-state index contributed by atoms with van der Waals surface area (Å²) in [6.07, 6.45) is 2.50. The Balaban J connectivity index is 1.43. The summed E-state index contributed by atoms with van der Waals surface area (Å²) in [5.41, 5.74) is 0. The third-order valence-electron chi connectivity index (χ3n) is 5.98. The van der Waals surface area contributed by atoms with Crippen LogP contribution in [0.15, 0.2) is 4.99 Å². The smallest absolute Gasteiger partial charge is 0.239 e. The molecule has 0 aliphatic carbocycles. The number of likely N-dealkylation sites (N-methyl/N-ethyl adjacent to an activating group) is 1. The molecule has 3 heterocycles. The van der Waals surface area contributed by atoms with Crippen molar-refractivity contribution in [3.05, 3.63) is 0 Å². The minimum atomic E-state index is -0.0219. The SMILES string of the molecule is CN=C(NCC1CN(C)CCO1)N1CCN(C(C)C(=O)N2CCCC2)CC1. The van der Waals surface area contributed by atoms with E-state index in [4.69, 9.17) is 4.74 Å². The summed E-state index contributed by atoms with van der Waals surface area (Å²) in [5, 5.41) is 3.47. The number of piperazine rings is 1. The zero-order valence-corrected chi connectivity index (χ0v) is 17.2. The molecule has 0 radical (unpaired) electrons. The number of guanidine groups is 1. The number of carbonyl (C=O) groups excluding carboxylic acids is 1. The van der Waals surface area contributed by atoms with E-state index in [0.29, 0.717) is 5.91 Å². The van der Waals surface area contributed by atoms with Gasteiger partial charge < -0.3 is 24.8 Å². The predicted molar refractivity (Wildman–Crippen MR) is 107 cm³/mol. The lowest BCUT2D eigenvalue weighted by Gasteiger charge is -2.40. The van der Waals surface area contributed by atoms with Gasteiger partial charge in [-0.25, -0.2) is 0 Å². The first-order valence-electron chi connectivity index (χ1n) is 10.4. The average Bonchev–Trinajstić information content (AvgIpc) is 3.23. The maximum absolute atomic E-state index is 12.6. The molecule has 1 N–H and O–H groups in total. The highest BCUT2D eigenvalue weighted by Gasteiger charge is 2.30. The van der Waals surface area contributed by atoms with Crippen LogP contribution in [0.4, 0.5) is 0 Å². The van der Waals surface area contributed by atoms with Gasteiger partial charge in [0.05, 0.1) is 18.8 Å². The quantitative estimate of drug-likeness (QED) is 0.525. The number of morpholine rings is 1. The number of ether oxygens (including phenoxy) is 1. The van der Waals surface area contributed by atoms with E-state index in [0.717, 1.165) is 84.3 Å². The molecule has 0 aromatic heterocycles. The van der Waals surface area contributed by atoms with Crippen LogP contribution < -0.4 is 5.32 Å². The highest BCUT2D eigenvalue weighted by molar-refractivity contribution is 5.82. The molecule has 3 aliphatic rings. The summed E-state index contributed by atoms with van der Waals surface area (Å²) in [6, 6.07) is -0.0219. The summed E-state index contributed by atoms with van der Waals surface area (Å²) in [5.74, 6) is 1.23. The number of nitrogens with zero attached hydrogens (tertiary/aromatic N) is 5. The number of amides is 1. The molecule has 8 nitrogen and oxygen atoms in total. The van der Waals surface area contributed by atoms with Crippen LogP contribution in [-0.4, -0.2) is 123 Å². The molecule has 3 rings (SSSR count). The van der Waals surface area contributed by atoms with E-state index in [2.05, 4.69) is 39.0 Å². The number of carbonyl (C=O) groups is 1. The molecule has 154 valence electrons. The van der Waals surface area contributed by atoms with Crippen molar-refractivity contribution in [1.82, 2.24) is 24.9 Å². The van der Waals surface area contributed by atoms with E-state index in [1.165, 1.54) is 0 Å². The lowest BCUT2D eigenvalue weighted by Crippen LogP contribution is -2.58. The fraction of sp³-hybridized carbons (Fsp3) is 0.895. The topological polar surface area (TPSA) is 63.7 Å². The average molecular weight is 381 g/mol. The van der Waals surface area contributed by atoms with Crippen molar-refractivity contribution in [3.8, 4) is 0 Å². The van der Waals surface area contributed by atoms with Gasteiger partial charge in [0.25, 0.3) is 0 Å². The van der Waals surface area contributed by atoms with E-state index < -0.39 is 0 Å². The number of aliphatic imine (C=N–C) groups is 1. The number of rotatable bonds is 4. The molecule has 8 heteroatoms. The van der Waals surface area contributed by atoms with Crippen molar-refractivity contribution >= 4 is 11.9 Å². The molecule has 3 aliphatic heterocycles. The second-order valence-electron chi connectivity index (χ2n) is 7.91. The van der Waals surface area contributed by atoms with Gasteiger partial charge in [0.1, 0.15) is 0 Å². The highest BCUT2D eigenvalue weighted by Crippen LogP contribution is 2.14. The molecule has 2 atom stereocenters. The van der Waals surface area contributed by atoms with Gasteiger partial charge in [0, 0.05) is 66.0 Å². The fourth-order valence-corrected chi connectivity index (χ4v) is 4.21. The van der Waals surface area contributed by atoms with Crippen LogP contribution in [-0.2, 0) is 9.53 Å². The van der Waals surface area contributed by atoms with Crippen molar-refractivity contribution in [2.45, 2.75) is 31.9 Å². The first-order chi connectivity index (χ1) is 13.1. The Morgan fingerprint density at radius 3 is 2.44 bits per heavy atom. The van der Waals surface area contributed by atoms with Gasteiger partial charge in [0.2, 0.25) is 5.91 Å². The number of hydrogen-bond donors (Lipinski definition) is 1. The van der Waals surface area contributed by atoms with Crippen molar-refractivity contribution < 1.29 is 9.53 Å². The monoisotopic (exact) mass is 380 g/mol. The van der Waals surface area contributed by atoms with Crippen LogP contribution in [0.3, 0.4) is 0 Å². The van der Waals surface area contributed by atoms with Gasteiger partial charge in [-0.1, -0.05) is 0 Å². The van der Waals surface area contributed by atoms with Crippen molar-refractivity contribution in [3.63, 3.8) is 0 Å². The molecule has 0 saturated carbocycles. The maximum Gasteiger partial charge on any atom is 0.239 e. The number of hydrogen-bond acceptors (Lipinski definition) is 5. The molecule has 3 saturated heterocycles. The highest BCUT2D eigenvalue weighted by atomic mass is 16.5. The predicted octanol–water partition coefficient (Wildman–Crippen LogP) is -0.479. The second-order valence-corrected chi connectivity index (χ2v) is 7.91. The lowest BCUT2D eigenvalue weighted by atomic mass is 10.2. The molecular formula is C19H36N6O2. The molecule has 2 unspecified atom stereocenters. The van der Waals surface area contributed by atoms with E-state index >= 15 is 0 Å². The van der Waals surface area contributed by atoms with E-state index in [-0.39, 0.29) is 12.1 Å². The summed E-state index contributed by atoms with van der Waals surface area (Å²) >= 11 is 0. The summed E-state index contributed by atoms with van der Waals surface area (Å²) in [6.45, 7) is 11.0. The van der Waals surface area contributed by atoms with Gasteiger partial charge in [-0.15, -0.1) is 0 Å². The molecule has 0 spiro atoms. The largest absolute Gasteiger partial charge is 0.374 e. The van der Waals surface area contributed by atoms with E-state index in [1.807, 2.05) is 11.9 Å². The Kier molecular flexibility index (Phi) is 7.32. The molecule has 0 bridgehead atoms. The van der Waals surface area contributed by atoms with Gasteiger partial charge in [-0.2, -0.15) is 0 Å². The summed E-state index contributed by atoms with van der Waals surface area (Å²) in [7, 11) is 3.97. The van der Waals surface area contributed by atoms with Gasteiger partial charge >= 0.3 is 0 Å². The van der Waals surface area contributed by atoms with Gasteiger partial charge in [-0.05, 0) is 26.8 Å². The number of nitrogens with one attached hydrogen (secondary N) is 1. The molecule has 1 amide bonds. The Labute approximate surface area is 163 Å². The molecule has 0 aromatic carbocycles. The third kappa shape index (κ3) is 5.33. The van der Waals surface area contributed by atoms with Crippen LogP contribution in [0.2, 0.25) is 0 Å². The number of likely N-dealkylation sites (tertiary alicyclic amines) is 1. The Bertz CT molecular complexity index is 514. The van der Waals surface area contributed by atoms with Crippen LogP contribution in [0.1, 0.15) is 19.8 Å². The minimum absolute atomic E-state index is 0.0219. The Morgan fingerprint density at radius 1 is 1.11 bits per heavy atom. The minimum Gasteiger partial charge on any atom is -0.374 e. The fourth-order valence-electron chi connectivity index (χ4n) is 4.21. The molecular weight excluding hydrogens is 344 g/mol. The zero-order chi connectivity index (χ0) is 19.2. The molecule has 27 heavy (non-hydrogen) atoms. The maximum atomic E-state index is 12.6. The second kappa shape index (κ2) is 9.71. The van der Waals surface area contributed by atoms with Crippen molar-refractivity contribution in [1.29, 1.82) is 0 Å². The van der Waals surface area contributed by atoms with E-state index in [9.17, 15) is 4.79 Å². The standard InChI is InChI=1S/C19H36N6O2/c1-16(18(26)24-6-4-5-7-24)23-8-10-25(11-9-23)19(20-2)21-14-17-15-22(3)12-13-27-17/h16-17H,4-15H2,1-3H3,(H,20,21). The van der Waals surface area contributed by atoms with E-state index in [1.54, 1.807) is 0 Å². The normalized spacial score (nSPS) is 27.1. The van der Waals surface area contributed by atoms with Crippen molar-refractivity contribution in [2.24, 2.45) is 4.99 Å². The lowest BCUT2D eigenvalue weighted by molar-refractivity contribution is -0.135. The zero-order valence-electron chi connectivity index (χ0n) is 17.2. The van der Waals surface area contributed by atoms with Crippen molar-refractivity contribution in [2.75, 3.05) is 79.6 Å². The van der Waals surface area contributed by atoms with Crippen LogP contribution in [0.25, 0.3) is 0 Å².